The fourth-order valence-electron chi connectivity index (χ4n) is 6.58. The molecule has 6 rings (SSSR count). The molecule has 3 unspecified atom stereocenters. The fourth-order valence-corrected chi connectivity index (χ4v) is 6.72. The number of piperazine rings is 2. The predicted molar refractivity (Wildman–Crippen MR) is 160 cm³/mol. The molecule has 3 aromatic rings. The van der Waals surface area contributed by atoms with Crippen molar-refractivity contribution < 1.29 is 14.6 Å². The zero-order valence-electron chi connectivity index (χ0n) is 23.0. The summed E-state index contributed by atoms with van der Waals surface area (Å²) in [7, 11) is 0. The Labute approximate surface area is 245 Å². The van der Waals surface area contributed by atoms with Crippen molar-refractivity contribution in [2.24, 2.45) is 0 Å². The topological polar surface area (TPSA) is 111 Å². The molecule has 216 valence electrons. The second-order valence-electron chi connectivity index (χ2n) is 11.1. The Morgan fingerprint density at radius 2 is 1.78 bits per heavy atom. The van der Waals surface area contributed by atoms with Crippen LogP contribution in [0.3, 0.4) is 0 Å². The Kier molecular flexibility index (Phi) is 8.02. The van der Waals surface area contributed by atoms with Gasteiger partial charge in [-0.15, -0.1) is 10.2 Å². The lowest BCUT2D eigenvalue weighted by Crippen LogP contribution is -2.56. The Balaban J connectivity index is 1.04. The van der Waals surface area contributed by atoms with Crippen LogP contribution in [0.2, 0.25) is 5.15 Å². The summed E-state index contributed by atoms with van der Waals surface area (Å²) in [6.07, 6.45) is 2.05. The third-order valence-corrected chi connectivity index (χ3v) is 8.70. The standard InChI is InChI=1S/C30H36ClN7O3/c31-28-17-27(29(32)34-33-28)38-23-9-10-24(38)20-36(19-23)22-7-4-8-26(16-22)41-14-13-35-11-12-37(30(39)40)25(18-35)15-21-5-2-1-3-6-21/h1-8,16-17,23-25H,9-15,18-20H2,(H2,32,34)(H,39,40). The lowest BCUT2D eigenvalue weighted by molar-refractivity contribution is 0.0618. The van der Waals surface area contributed by atoms with E-state index in [4.69, 9.17) is 22.1 Å². The van der Waals surface area contributed by atoms with E-state index in [1.54, 1.807) is 4.90 Å². The van der Waals surface area contributed by atoms with Gasteiger partial charge in [0.25, 0.3) is 0 Å². The van der Waals surface area contributed by atoms with Crippen molar-refractivity contribution in [3.05, 3.63) is 71.4 Å². The van der Waals surface area contributed by atoms with Crippen molar-refractivity contribution in [2.45, 2.75) is 37.4 Å². The van der Waals surface area contributed by atoms with Crippen LogP contribution >= 0.6 is 11.6 Å². The predicted octanol–water partition coefficient (Wildman–Crippen LogP) is 3.86. The summed E-state index contributed by atoms with van der Waals surface area (Å²) in [6.45, 7) is 4.96. The molecular formula is C30H36ClN7O3. The molecule has 1 amide bonds. The number of carbonyl (C=O) groups is 1. The van der Waals surface area contributed by atoms with Crippen molar-refractivity contribution in [3.8, 4) is 5.75 Å². The van der Waals surface area contributed by atoms with Crippen LogP contribution in [-0.4, -0.2) is 95.2 Å². The normalized spacial score (nSPS) is 22.7. The van der Waals surface area contributed by atoms with Crippen LogP contribution in [0.1, 0.15) is 18.4 Å². The molecule has 3 atom stereocenters. The lowest BCUT2D eigenvalue weighted by Gasteiger charge is -2.43. The number of hydrogen-bond acceptors (Lipinski definition) is 8. The zero-order chi connectivity index (χ0) is 28.3. The minimum absolute atomic E-state index is 0.0738. The summed E-state index contributed by atoms with van der Waals surface area (Å²) in [4.78, 5) is 20.5. The van der Waals surface area contributed by atoms with Gasteiger partial charge in [-0.25, -0.2) is 4.79 Å². The Morgan fingerprint density at radius 1 is 1.00 bits per heavy atom. The number of ether oxygens (including phenoxy) is 1. The molecule has 0 saturated carbocycles. The smallest absolute Gasteiger partial charge is 0.407 e. The number of nitrogens with zero attached hydrogens (tertiary/aromatic N) is 6. The molecule has 2 aromatic carbocycles. The highest BCUT2D eigenvalue weighted by molar-refractivity contribution is 6.29. The maximum atomic E-state index is 11.8. The monoisotopic (exact) mass is 577 g/mol. The number of nitrogen functional groups attached to an aromatic ring is 1. The maximum Gasteiger partial charge on any atom is 0.407 e. The number of carboxylic acid groups (broad SMARTS) is 1. The molecule has 3 aliphatic rings. The molecular weight excluding hydrogens is 542 g/mol. The van der Waals surface area contributed by atoms with Crippen LogP contribution in [0.4, 0.5) is 22.0 Å². The molecule has 1 aromatic heterocycles. The number of rotatable bonds is 8. The van der Waals surface area contributed by atoms with Crippen molar-refractivity contribution >= 4 is 34.9 Å². The van der Waals surface area contributed by atoms with Gasteiger partial charge in [-0.3, -0.25) is 4.90 Å². The van der Waals surface area contributed by atoms with Crippen molar-refractivity contribution in [2.75, 3.05) is 61.4 Å². The summed E-state index contributed by atoms with van der Waals surface area (Å²) < 4.78 is 6.20. The molecule has 0 spiro atoms. The largest absolute Gasteiger partial charge is 0.492 e. The van der Waals surface area contributed by atoms with Gasteiger partial charge in [0.1, 0.15) is 12.4 Å². The average molecular weight is 578 g/mol. The SMILES string of the molecule is Nc1nnc(Cl)cc1N1C2CCC1CN(c1cccc(OCCN3CCN(C(=O)O)C(Cc4ccccc4)C3)c1)C2. The van der Waals surface area contributed by atoms with Crippen LogP contribution < -0.4 is 20.3 Å². The second kappa shape index (κ2) is 12.0. The van der Waals surface area contributed by atoms with Gasteiger partial charge in [0, 0.05) is 69.2 Å². The van der Waals surface area contributed by atoms with Crippen molar-refractivity contribution in [1.82, 2.24) is 20.0 Å². The second-order valence-corrected chi connectivity index (χ2v) is 11.5. The van der Waals surface area contributed by atoms with Gasteiger partial charge in [-0.2, -0.15) is 0 Å². The molecule has 10 nitrogen and oxygen atoms in total. The molecule has 0 radical (unpaired) electrons. The maximum absolute atomic E-state index is 11.8. The Hall–Kier alpha value is -3.76. The van der Waals surface area contributed by atoms with E-state index in [9.17, 15) is 9.90 Å². The van der Waals surface area contributed by atoms with Crippen LogP contribution in [0.25, 0.3) is 0 Å². The summed E-state index contributed by atoms with van der Waals surface area (Å²) in [6, 6.07) is 20.8. The number of anilines is 3. The first kappa shape index (κ1) is 27.4. The summed E-state index contributed by atoms with van der Waals surface area (Å²) in [5.41, 5.74) is 9.34. The Morgan fingerprint density at radius 3 is 2.54 bits per heavy atom. The molecule has 0 aliphatic carbocycles. The van der Waals surface area contributed by atoms with E-state index in [-0.39, 0.29) is 6.04 Å². The third-order valence-electron chi connectivity index (χ3n) is 8.52. The first-order valence-corrected chi connectivity index (χ1v) is 14.6. The van der Waals surface area contributed by atoms with E-state index >= 15 is 0 Å². The van der Waals surface area contributed by atoms with Crippen LogP contribution in [0, 0.1) is 0 Å². The number of hydrogen-bond donors (Lipinski definition) is 2. The highest BCUT2D eigenvalue weighted by atomic mass is 35.5. The zero-order valence-corrected chi connectivity index (χ0v) is 23.7. The molecule has 4 heterocycles. The third kappa shape index (κ3) is 6.13. The quantitative estimate of drug-likeness (QED) is 0.412. The van der Waals surface area contributed by atoms with Crippen LogP contribution in [0.5, 0.6) is 5.75 Å². The van der Waals surface area contributed by atoms with E-state index in [0.717, 1.165) is 55.2 Å². The van der Waals surface area contributed by atoms with Gasteiger partial charge in [0.15, 0.2) is 11.0 Å². The van der Waals surface area contributed by atoms with E-state index in [1.807, 2.05) is 36.4 Å². The first-order valence-electron chi connectivity index (χ1n) is 14.3. The van der Waals surface area contributed by atoms with Crippen LogP contribution in [0.15, 0.2) is 60.7 Å². The fraction of sp³-hybridized carbons (Fsp3) is 0.433. The summed E-state index contributed by atoms with van der Waals surface area (Å²) in [5, 5.41) is 18.0. The number of amides is 1. The number of fused-ring (bicyclic) bond motifs is 2. The summed E-state index contributed by atoms with van der Waals surface area (Å²) in [5.74, 6) is 1.27. The van der Waals surface area contributed by atoms with Crippen molar-refractivity contribution in [3.63, 3.8) is 0 Å². The van der Waals surface area contributed by atoms with E-state index < -0.39 is 6.09 Å². The molecule has 3 fully saturated rings. The van der Waals surface area contributed by atoms with Gasteiger partial charge in [0.05, 0.1) is 11.7 Å². The van der Waals surface area contributed by atoms with Gasteiger partial charge < -0.3 is 30.3 Å². The first-order chi connectivity index (χ1) is 19.9. The van der Waals surface area contributed by atoms with Crippen LogP contribution in [-0.2, 0) is 6.42 Å². The lowest BCUT2D eigenvalue weighted by atomic mass is 10.0. The minimum Gasteiger partial charge on any atom is -0.492 e. The average Bonchev–Trinajstić information content (AvgIpc) is 3.23. The molecule has 41 heavy (non-hydrogen) atoms. The van der Waals surface area contributed by atoms with Crippen molar-refractivity contribution in [1.29, 1.82) is 0 Å². The number of aromatic nitrogens is 2. The number of nitrogens with two attached hydrogens (primary N) is 1. The van der Waals surface area contributed by atoms with Gasteiger partial charge in [-0.1, -0.05) is 48.0 Å². The minimum atomic E-state index is -0.849. The molecule has 3 N–H and O–H groups in total. The van der Waals surface area contributed by atoms with Gasteiger partial charge in [0.2, 0.25) is 0 Å². The van der Waals surface area contributed by atoms with Gasteiger partial charge >= 0.3 is 6.09 Å². The number of halogens is 1. The summed E-state index contributed by atoms with van der Waals surface area (Å²) >= 11 is 6.14. The van der Waals surface area contributed by atoms with E-state index in [0.29, 0.717) is 55.7 Å². The Bertz CT molecular complexity index is 1350. The molecule has 2 bridgehead atoms. The van der Waals surface area contributed by atoms with Gasteiger partial charge in [-0.05, 0) is 37.0 Å². The van der Waals surface area contributed by atoms with E-state index in [1.165, 1.54) is 0 Å². The highest BCUT2D eigenvalue weighted by Gasteiger charge is 2.41. The molecule has 11 heteroatoms. The van der Waals surface area contributed by atoms with E-state index in [2.05, 4.69) is 49.2 Å². The molecule has 3 saturated heterocycles. The number of benzene rings is 2. The highest BCUT2D eigenvalue weighted by Crippen LogP contribution is 2.39. The molecule has 3 aliphatic heterocycles.